The Kier molecular flexibility index (Phi) is 6.93. The van der Waals surface area contributed by atoms with Gasteiger partial charge in [-0.05, 0) is 60.7 Å². The molecule has 38 heavy (non-hydrogen) atoms. The molecule has 1 fully saturated rings. The number of benzene rings is 3. The molecular formula is C27H23FN4O5S. The lowest BCUT2D eigenvalue weighted by molar-refractivity contribution is 0.0633. The summed E-state index contributed by atoms with van der Waals surface area (Å²) in [7, 11) is -3.91. The zero-order valence-corrected chi connectivity index (χ0v) is 20.9. The van der Waals surface area contributed by atoms with Crippen LogP contribution >= 0.6 is 0 Å². The van der Waals surface area contributed by atoms with Gasteiger partial charge in [0.05, 0.1) is 5.52 Å². The molecule has 3 aromatic carbocycles. The molecule has 11 heteroatoms. The number of fused-ring (bicyclic) bond motifs is 1. The average molecular weight is 535 g/mol. The second kappa shape index (κ2) is 10.5. The fraction of sp³-hybridized carbons (Fsp3) is 0.148. The second-order valence-electron chi connectivity index (χ2n) is 8.62. The molecule has 4 aromatic rings. The highest BCUT2D eigenvalue weighted by molar-refractivity contribution is 7.93. The molecule has 1 saturated heterocycles. The minimum Gasteiger partial charge on any atom is -0.410 e. The number of nitrogens with one attached hydrogen (secondary N) is 1. The summed E-state index contributed by atoms with van der Waals surface area (Å²) < 4.78 is 46.9. The number of anilines is 1. The first-order chi connectivity index (χ1) is 18.3. The largest absolute Gasteiger partial charge is 0.415 e. The maximum absolute atomic E-state index is 13.0. The van der Waals surface area contributed by atoms with E-state index in [0.29, 0.717) is 35.2 Å². The Morgan fingerprint density at radius 2 is 1.50 bits per heavy atom. The predicted octanol–water partition coefficient (Wildman–Crippen LogP) is 4.13. The molecule has 0 spiro atoms. The number of pyridine rings is 1. The fourth-order valence-corrected chi connectivity index (χ4v) is 5.37. The Balaban J connectivity index is 1.19. The number of carbonyl (C=O) groups excluding carboxylic acids is 2. The van der Waals surface area contributed by atoms with Gasteiger partial charge in [-0.15, -0.1) is 0 Å². The summed E-state index contributed by atoms with van der Waals surface area (Å²) in [5.74, 6) is -0.420. The van der Waals surface area contributed by atoms with Gasteiger partial charge >= 0.3 is 6.09 Å². The van der Waals surface area contributed by atoms with Gasteiger partial charge in [-0.3, -0.25) is 14.5 Å². The molecule has 1 aliphatic heterocycles. The lowest BCUT2D eigenvalue weighted by atomic mass is 10.1. The smallest absolute Gasteiger partial charge is 0.410 e. The normalized spacial score (nSPS) is 13.8. The van der Waals surface area contributed by atoms with Gasteiger partial charge in [0.25, 0.3) is 15.9 Å². The molecule has 2 amide bonds. The number of amides is 2. The van der Waals surface area contributed by atoms with Crippen molar-refractivity contribution in [1.82, 2.24) is 14.8 Å². The quantitative estimate of drug-likeness (QED) is 0.413. The van der Waals surface area contributed by atoms with Crippen LogP contribution in [0.1, 0.15) is 10.4 Å². The average Bonchev–Trinajstić information content (AvgIpc) is 2.94. The lowest BCUT2D eigenvalue weighted by Gasteiger charge is -2.34. The number of rotatable bonds is 5. The number of hydrogen-bond donors (Lipinski definition) is 1. The van der Waals surface area contributed by atoms with Crippen molar-refractivity contribution in [1.29, 1.82) is 0 Å². The number of sulfonamides is 1. The highest BCUT2D eigenvalue weighted by atomic mass is 32.2. The van der Waals surface area contributed by atoms with E-state index in [1.807, 2.05) is 0 Å². The first-order valence-corrected chi connectivity index (χ1v) is 13.3. The number of aromatic nitrogens is 1. The highest BCUT2D eigenvalue weighted by Gasteiger charge is 2.26. The van der Waals surface area contributed by atoms with Gasteiger partial charge in [-0.2, -0.15) is 0 Å². The Bertz CT molecular complexity index is 1580. The Morgan fingerprint density at radius 1 is 0.842 bits per heavy atom. The maximum Gasteiger partial charge on any atom is 0.415 e. The van der Waals surface area contributed by atoms with Crippen LogP contribution in [-0.2, 0) is 10.0 Å². The number of piperazine rings is 1. The summed E-state index contributed by atoms with van der Waals surface area (Å²) in [5.41, 5.74) is 1.07. The van der Waals surface area contributed by atoms with Crippen LogP contribution in [-0.4, -0.2) is 61.4 Å². The van der Waals surface area contributed by atoms with Crippen molar-refractivity contribution >= 4 is 38.6 Å². The standard InChI is InChI=1S/C27H23FN4O5S/c28-21-8-12-23(13-9-21)37-27(34)32-17-15-31(16-18-32)26(33)20-6-10-22(11-7-20)30-38(35,36)24-5-1-3-19-4-2-14-29-25(19)24/h1-14,30H,15-18H2. The molecule has 1 N–H and O–H groups in total. The van der Waals surface area contributed by atoms with Crippen molar-refractivity contribution in [3.8, 4) is 5.75 Å². The number of nitrogens with zero attached hydrogens (tertiary/aromatic N) is 3. The zero-order valence-electron chi connectivity index (χ0n) is 20.1. The number of para-hydroxylation sites is 1. The molecule has 0 aliphatic carbocycles. The van der Waals surface area contributed by atoms with E-state index in [0.717, 1.165) is 0 Å². The summed E-state index contributed by atoms with van der Waals surface area (Å²) in [4.78, 5) is 32.7. The fourth-order valence-electron chi connectivity index (χ4n) is 4.13. The van der Waals surface area contributed by atoms with Gasteiger partial charge in [0.1, 0.15) is 16.5 Å². The van der Waals surface area contributed by atoms with E-state index in [2.05, 4.69) is 9.71 Å². The van der Waals surface area contributed by atoms with Crippen LogP contribution in [0.4, 0.5) is 14.9 Å². The topological polar surface area (TPSA) is 109 Å². The third-order valence-corrected chi connectivity index (χ3v) is 7.53. The van der Waals surface area contributed by atoms with Gasteiger partial charge < -0.3 is 14.5 Å². The molecule has 9 nitrogen and oxygen atoms in total. The van der Waals surface area contributed by atoms with E-state index in [1.165, 1.54) is 53.6 Å². The molecule has 0 atom stereocenters. The minimum absolute atomic E-state index is 0.0616. The van der Waals surface area contributed by atoms with Crippen molar-refractivity contribution in [2.75, 3.05) is 30.9 Å². The van der Waals surface area contributed by atoms with Gasteiger partial charge in [-0.1, -0.05) is 18.2 Å². The monoisotopic (exact) mass is 534 g/mol. The Morgan fingerprint density at radius 3 is 2.21 bits per heavy atom. The molecule has 0 bridgehead atoms. The zero-order chi connectivity index (χ0) is 26.7. The molecule has 0 radical (unpaired) electrons. The van der Waals surface area contributed by atoms with Crippen molar-refractivity contribution in [2.24, 2.45) is 0 Å². The van der Waals surface area contributed by atoms with Crippen LogP contribution in [0.15, 0.2) is 90.0 Å². The summed E-state index contributed by atoms with van der Waals surface area (Å²) in [5, 5.41) is 0.708. The molecule has 5 rings (SSSR count). The van der Waals surface area contributed by atoms with Crippen molar-refractivity contribution < 1.29 is 27.1 Å². The third-order valence-electron chi connectivity index (χ3n) is 6.11. The number of hydrogen-bond acceptors (Lipinski definition) is 6. The molecule has 0 saturated carbocycles. The van der Waals surface area contributed by atoms with E-state index in [-0.39, 0.29) is 29.6 Å². The molecular weight excluding hydrogens is 511 g/mol. The van der Waals surface area contributed by atoms with Crippen LogP contribution in [0.5, 0.6) is 5.75 Å². The predicted molar refractivity (Wildman–Crippen MR) is 139 cm³/mol. The molecule has 2 heterocycles. The van der Waals surface area contributed by atoms with Crippen LogP contribution in [0.2, 0.25) is 0 Å². The second-order valence-corrected chi connectivity index (χ2v) is 10.3. The first kappa shape index (κ1) is 25.2. The van der Waals surface area contributed by atoms with E-state index in [4.69, 9.17) is 4.74 Å². The lowest BCUT2D eigenvalue weighted by Crippen LogP contribution is -2.51. The van der Waals surface area contributed by atoms with E-state index in [1.54, 1.807) is 41.3 Å². The van der Waals surface area contributed by atoms with Crippen LogP contribution in [0.25, 0.3) is 10.9 Å². The van der Waals surface area contributed by atoms with Crippen LogP contribution < -0.4 is 9.46 Å². The minimum atomic E-state index is -3.91. The van der Waals surface area contributed by atoms with Gasteiger partial charge in [0, 0.05) is 49.0 Å². The van der Waals surface area contributed by atoms with Crippen molar-refractivity contribution in [3.05, 3.63) is 96.4 Å². The Hall–Kier alpha value is -4.51. The Labute approximate surface area is 218 Å². The van der Waals surface area contributed by atoms with E-state index in [9.17, 15) is 22.4 Å². The summed E-state index contributed by atoms with van der Waals surface area (Å²) >= 11 is 0. The van der Waals surface area contributed by atoms with Crippen molar-refractivity contribution in [2.45, 2.75) is 4.90 Å². The summed E-state index contributed by atoms with van der Waals surface area (Å²) in [6.07, 6.45) is 0.970. The molecule has 194 valence electrons. The molecule has 0 unspecified atom stereocenters. The summed E-state index contributed by atoms with van der Waals surface area (Å²) in [6, 6.07) is 19.8. The maximum atomic E-state index is 13.0. The van der Waals surface area contributed by atoms with Gasteiger partial charge in [0.2, 0.25) is 0 Å². The number of ether oxygens (including phenoxy) is 1. The number of halogens is 1. The first-order valence-electron chi connectivity index (χ1n) is 11.8. The van der Waals surface area contributed by atoms with E-state index < -0.39 is 21.9 Å². The molecule has 1 aromatic heterocycles. The van der Waals surface area contributed by atoms with Crippen LogP contribution in [0.3, 0.4) is 0 Å². The van der Waals surface area contributed by atoms with E-state index >= 15 is 0 Å². The van der Waals surface area contributed by atoms with Gasteiger partial charge in [-0.25, -0.2) is 17.6 Å². The third kappa shape index (κ3) is 5.42. The molecule has 1 aliphatic rings. The number of carbonyl (C=O) groups is 2. The van der Waals surface area contributed by atoms with Crippen molar-refractivity contribution in [3.63, 3.8) is 0 Å². The SMILES string of the molecule is O=C(Oc1ccc(F)cc1)N1CCN(C(=O)c2ccc(NS(=O)(=O)c3cccc4cccnc34)cc2)CC1. The van der Waals surface area contributed by atoms with Crippen LogP contribution in [0, 0.1) is 5.82 Å². The van der Waals surface area contributed by atoms with Gasteiger partial charge in [0.15, 0.2) is 0 Å². The summed E-state index contributed by atoms with van der Waals surface area (Å²) in [6.45, 7) is 1.17. The highest BCUT2D eigenvalue weighted by Crippen LogP contribution is 2.24.